The summed E-state index contributed by atoms with van der Waals surface area (Å²) in [6.07, 6.45) is 1.96. The van der Waals surface area contributed by atoms with Gasteiger partial charge in [-0.3, -0.25) is 0 Å². The minimum atomic E-state index is -2.55. The van der Waals surface area contributed by atoms with Crippen molar-refractivity contribution in [1.29, 1.82) is 0 Å². The first-order chi connectivity index (χ1) is 34.2. The van der Waals surface area contributed by atoms with Crippen molar-refractivity contribution in [2.24, 2.45) is 0 Å². The van der Waals surface area contributed by atoms with Crippen molar-refractivity contribution in [2.45, 2.75) is 182 Å². The summed E-state index contributed by atoms with van der Waals surface area (Å²) < 4.78 is 87.6. The van der Waals surface area contributed by atoms with Gasteiger partial charge in [0.1, 0.15) is 0 Å². The lowest BCUT2D eigenvalue weighted by Gasteiger charge is -2.29. The Morgan fingerprint density at radius 2 is 0.836 bits per heavy atom. The fraction of sp³-hybridized carbons (Fsp3) is 0.571. The summed E-state index contributed by atoms with van der Waals surface area (Å²) in [7, 11) is 0. The van der Waals surface area contributed by atoms with Gasteiger partial charge >= 0.3 is 0 Å². The summed E-state index contributed by atoms with van der Waals surface area (Å²) in [5.74, 6) is -4.27. The van der Waals surface area contributed by atoms with Crippen LogP contribution in [0, 0.1) is 69.2 Å². The van der Waals surface area contributed by atoms with Crippen molar-refractivity contribution in [3.8, 4) is 17.5 Å². The average molecular weight is 1210 g/mol. The van der Waals surface area contributed by atoms with Gasteiger partial charge in [0.05, 0.1) is 47.6 Å². The van der Waals surface area contributed by atoms with E-state index in [-0.39, 0.29) is 56.7 Å². The van der Waals surface area contributed by atoms with Crippen molar-refractivity contribution in [1.82, 2.24) is 59.2 Å². The number of anilines is 3. The molecule has 0 spiro atoms. The van der Waals surface area contributed by atoms with E-state index in [0.29, 0.717) is 73.8 Å². The van der Waals surface area contributed by atoms with Gasteiger partial charge in [-0.25, -0.2) is 55.3 Å². The van der Waals surface area contributed by atoms with E-state index < -0.39 is 17.8 Å². The summed E-state index contributed by atoms with van der Waals surface area (Å²) in [6.45, 7) is 19.4. The molecule has 0 unspecified atom stereocenters. The van der Waals surface area contributed by atoms with Crippen LogP contribution < -0.4 is 16.0 Å². The third kappa shape index (κ3) is 14.0. The standard InChI is InChI=1S/C17H22BrF2N5.C16H19Br2F2N5.C16H21F2N5/c1-9-10(2)24-25(12(9)4)15-14(18)11(3)21-16(23-15)22-13-5-7-17(19,20)8-6-13;1-8-13(18)14(25-10(3)12(17)9(2)24-25)23-15(21-8)22-11-4-6-16(19,20)7-5-11;1-10-9-14(23-12(3)8-11(2)22-23)21-15(19-10)20-13-4-6-16(17,18)7-5-13/h13H,5-8H2,1-4H3,(H,21,22,23);11H,4-7H2,1-3H3,(H,21,22,23);8-9,13H,4-7H2,1-3H3,(H,19,20,21). The van der Waals surface area contributed by atoms with E-state index in [0.717, 1.165) is 70.2 Å². The summed E-state index contributed by atoms with van der Waals surface area (Å²) in [5, 5.41) is 23.1. The second-order valence-electron chi connectivity index (χ2n) is 19.5. The number of nitrogens with zero attached hydrogens (tertiary/aromatic N) is 12. The van der Waals surface area contributed by atoms with Gasteiger partial charge in [-0.1, -0.05) is 0 Å². The summed E-state index contributed by atoms with van der Waals surface area (Å²) in [6, 6.07) is 3.76. The molecule has 0 aliphatic heterocycles. The molecule has 6 aromatic rings. The van der Waals surface area contributed by atoms with Gasteiger partial charge in [-0.05, 0) is 167 Å². The molecule has 3 aliphatic carbocycles. The highest BCUT2D eigenvalue weighted by Crippen LogP contribution is 2.37. The molecule has 9 rings (SSSR count). The van der Waals surface area contributed by atoms with Crippen molar-refractivity contribution in [3.63, 3.8) is 0 Å². The SMILES string of the molecule is Cc1cc(-n2nc(C)cc2C)nc(NC2CCC(F)(F)CC2)n1.Cc1nc(NC2CCC(F)(F)CC2)nc(-n2nc(C)c(Br)c2C)c1Br.Cc1nn(-c2nc(NC3CCC(F)(F)CC3)nc(C)c2Br)c(C)c1C. The quantitative estimate of drug-likeness (QED) is 0.117. The van der Waals surface area contributed by atoms with Crippen molar-refractivity contribution in [2.75, 3.05) is 16.0 Å². The van der Waals surface area contributed by atoms with Crippen LogP contribution >= 0.6 is 47.8 Å². The molecule has 3 aliphatic rings. The minimum Gasteiger partial charge on any atom is -0.351 e. The van der Waals surface area contributed by atoms with E-state index in [9.17, 15) is 26.3 Å². The largest absolute Gasteiger partial charge is 0.351 e. The van der Waals surface area contributed by atoms with E-state index in [4.69, 9.17) is 0 Å². The molecule has 0 aromatic carbocycles. The zero-order valence-electron chi connectivity index (χ0n) is 42.6. The number of aromatic nitrogens is 12. The third-order valence-electron chi connectivity index (χ3n) is 13.5. The van der Waals surface area contributed by atoms with Crippen LogP contribution in [0.5, 0.6) is 0 Å². The molecule has 3 fully saturated rings. The zero-order chi connectivity index (χ0) is 53.3. The van der Waals surface area contributed by atoms with Crippen LogP contribution in [0.4, 0.5) is 44.2 Å². The molecule has 0 atom stereocenters. The smallest absolute Gasteiger partial charge is 0.248 e. The fourth-order valence-corrected chi connectivity index (χ4v) is 9.88. The van der Waals surface area contributed by atoms with Gasteiger partial charge in [0.2, 0.25) is 35.6 Å². The van der Waals surface area contributed by atoms with Gasteiger partial charge in [-0.15, -0.1) is 0 Å². The molecule has 3 saturated carbocycles. The molecule has 0 bridgehead atoms. The molecule has 0 saturated heterocycles. The zero-order valence-corrected chi connectivity index (χ0v) is 47.4. The molecule has 24 heteroatoms. The molecular formula is C49H62Br3F6N15. The molecule has 3 N–H and O–H groups in total. The topological polar surface area (TPSA) is 167 Å². The minimum absolute atomic E-state index is 0.00951. The second kappa shape index (κ2) is 22.6. The lowest BCUT2D eigenvalue weighted by atomic mass is 9.92. The Kier molecular flexibility index (Phi) is 17.4. The molecule has 6 heterocycles. The van der Waals surface area contributed by atoms with Gasteiger partial charge in [0, 0.05) is 79.8 Å². The Labute approximate surface area is 446 Å². The Morgan fingerprint density at radius 1 is 0.438 bits per heavy atom. The molecule has 73 heavy (non-hydrogen) atoms. The first-order valence-electron chi connectivity index (χ1n) is 24.3. The van der Waals surface area contributed by atoms with Crippen LogP contribution in [0.3, 0.4) is 0 Å². The lowest BCUT2D eigenvalue weighted by molar-refractivity contribution is -0.0366. The Bertz CT molecular complexity index is 2770. The normalized spacial score (nSPS) is 17.8. The van der Waals surface area contributed by atoms with Crippen LogP contribution in [-0.2, 0) is 0 Å². The number of hydrogen-bond acceptors (Lipinski definition) is 12. The molecular weight excluding hydrogens is 1150 g/mol. The number of halogens is 9. The molecule has 15 nitrogen and oxygen atoms in total. The Balaban J connectivity index is 0.000000160. The maximum atomic E-state index is 13.3. The van der Waals surface area contributed by atoms with Crippen molar-refractivity contribution in [3.05, 3.63) is 82.4 Å². The van der Waals surface area contributed by atoms with Crippen molar-refractivity contribution < 1.29 is 26.3 Å². The highest BCUT2D eigenvalue weighted by molar-refractivity contribution is 9.11. The van der Waals surface area contributed by atoms with Crippen LogP contribution in [0.1, 0.15) is 134 Å². The van der Waals surface area contributed by atoms with Crippen molar-refractivity contribution >= 4 is 65.6 Å². The second-order valence-corrected chi connectivity index (χ2v) is 21.9. The highest BCUT2D eigenvalue weighted by Gasteiger charge is 2.37. The summed E-state index contributed by atoms with van der Waals surface area (Å²) in [5.41, 5.74) is 9.13. The Hall–Kier alpha value is -4.71. The monoisotopic (exact) mass is 1210 g/mol. The van der Waals surface area contributed by atoms with Crippen LogP contribution in [0.2, 0.25) is 0 Å². The number of hydrogen-bond donors (Lipinski definition) is 3. The number of aryl methyl sites for hydroxylation is 7. The fourth-order valence-electron chi connectivity index (χ4n) is 8.94. The van der Waals surface area contributed by atoms with Gasteiger partial charge in [0.25, 0.3) is 0 Å². The predicted octanol–water partition coefficient (Wildman–Crippen LogP) is 13.3. The van der Waals surface area contributed by atoms with Crippen LogP contribution in [-0.4, -0.2) is 95.1 Å². The van der Waals surface area contributed by atoms with E-state index in [1.54, 1.807) is 14.0 Å². The summed E-state index contributed by atoms with van der Waals surface area (Å²) >= 11 is 10.6. The molecule has 396 valence electrons. The van der Waals surface area contributed by atoms with Gasteiger partial charge in [-0.2, -0.15) is 30.2 Å². The Morgan fingerprint density at radius 3 is 1.19 bits per heavy atom. The van der Waals surface area contributed by atoms with E-state index in [1.807, 2.05) is 81.4 Å². The average Bonchev–Trinajstić information content (AvgIpc) is 3.90. The van der Waals surface area contributed by atoms with E-state index in [1.165, 1.54) is 0 Å². The number of nitrogens with one attached hydrogen (secondary N) is 3. The van der Waals surface area contributed by atoms with Gasteiger partial charge < -0.3 is 16.0 Å². The lowest BCUT2D eigenvalue weighted by Crippen LogP contribution is -2.32. The maximum Gasteiger partial charge on any atom is 0.248 e. The van der Waals surface area contributed by atoms with E-state index in [2.05, 4.69) is 109 Å². The van der Waals surface area contributed by atoms with Crippen LogP contribution in [0.15, 0.2) is 25.6 Å². The van der Waals surface area contributed by atoms with Crippen LogP contribution in [0.25, 0.3) is 17.5 Å². The highest BCUT2D eigenvalue weighted by atomic mass is 79.9. The van der Waals surface area contributed by atoms with Gasteiger partial charge in [0.15, 0.2) is 17.5 Å². The molecule has 0 radical (unpaired) electrons. The first-order valence-corrected chi connectivity index (χ1v) is 26.7. The molecule has 6 aromatic heterocycles. The first kappa shape index (κ1) is 56.0. The molecule has 0 amide bonds. The summed E-state index contributed by atoms with van der Waals surface area (Å²) in [4.78, 5) is 26.9. The van der Waals surface area contributed by atoms with E-state index >= 15 is 0 Å². The third-order valence-corrected chi connectivity index (χ3v) is 16.5. The number of rotatable bonds is 9. The maximum absolute atomic E-state index is 13.3. The predicted molar refractivity (Wildman–Crippen MR) is 280 cm³/mol. The number of alkyl halides is 6.